The van der Waals surface area contributed by atoms with Gasteiger partial charge in [-0.2, -0.15) is 13.2 Å². The molecule has 2 rings (SSSR count). The Hall–Kier alpha value is -1.56. The van der Waals surface area contributed by atoms with Crippen LogP contribution in [0.3, 0.4) is 0 Å². The number of imidazole rings is 1. The third-order valence-corrected chi connectivity index (χ3v) is 2.54. The van der Waals surface area contributed by atoms with Crippen LogP contribution in [0, 0.1) is 0 Å². The molecule has 0 amide bonds. The Bertz CT molecular complexity index is 543. The highest BCUT2D eigenvalue weighted by atomic mass is 19.4. The van der Waals surface area contributed by atoms with E-state index >= 15 is 0 Å². The normalized spacial score (nSPS) is 12.6. The molecular weight excluding hydrogens is 243 g/mol. The molecule has 0 fully saturated rings. The summed E-state index contributed by atoms with van der Waals surface area (Å²) >= 11 is 0. The second-order valence-corrected chi connectivity index (χ2v) is 4.45. The number of aromatic nitrogens is 2. The molecular formula is C12H14F3N3. The van der Waals surface area contributed by atoms with Crippen molar-refractivity contribution in [3.63, 3.8) is 0 Å². The molecule has 0 saturated carbocycles. The lowest BCUT2D eigenvalue weighted by Gasteiger charge is -2.05. The molecule has 98 valence electrons. The SMILES string of the molecule is CC(C)NCc1nc2ccc(C(F)(F)F)cc2[nH]1. The molecule has 0 saturated heterocycles. The van der Waals surface area contributed by atoms with E-state index in [1.165, 1.54) is 6.07 Å². The minimum Gasteiger partial charge on any atom is -0.341 e. The molecule has 0 radical (unpaired) electrons. The maximum Gasteiger partial charge on any atom is 0.416 e. The molecule has 1 aromatic heterocycles. The van der Waals surface area contributed by atoms with Gasteiger partial charge in [0.15, 0.2) is 0 Å². The Morgan fingerprint density at radius 3 is 2.67 bits per heavy atom. The molecule has 3 nitrogen and oxygen atoms in total. The van der Waals surface area contributed by atoms with E-state index in [1.807, 2.05) is 13.8 Å². The summed E-state index contributed by atoms with van der Waals surface area (Å²) in [5, 5.41) is 3.15. The molecule has 0 aliphatic rings. The van der Waals surface area contributed by atoms with Crippen molar-refractivity contribution in [2.75, 3.05) is 0 Å². The first-order valence-corrected chi connectivity index (χ1v) is 5.65. The van der Waals surface area contributed by atoms with Crippen molar-refractivity contribution in [2.45, 2.75) is 32.6 Å². The number of halogens is 3. The molecule has 0 unspecified atom stereocenters. The van der Waals surface area contributed by atoms with Crippen LogP contribution in [0.15, 0.2) is 18.2 Å². The third kappa shape index (κ3) is 2.81. The van der Waals surface area contributed by atoms with Crippen LogP contribution in [0.4, 0.5) is 13.2 Å². The third-order valence-electron chi connectivity index (χ3n) is 2.54. The molecule has 1 aromatic carbocycles. The van der Waals surface area contributed by atoms with Gasteiger partial charge in [-0.25, -0.2) is 4.98 Å². The Labute approximate surface area is 102 Å². The van der Waals surface area contributed by atoms with Gasteiger partial charge in [0.25, 0.3) is 0 Å². The summed E-state index contributed by atoms with van der Waals surface area (Å²) in [6.45, 7) is 4.49. The Morgan fingerprint density at radius 2 is 2.06 bits per heavy atom. The highest BCUT2D eigenvalue weighted by Gasteiger charge is 2.30. The second-order valence-electron chi connectivity index (χ2n) is 4.45. The van der Waals surface area contributed by atoms with Gasteiger partial charge in [0.05, 0.1) is 23.1 Å². The van der Waals surface area contributed by atoms with E-state index in [9.17, 15) is 13.2 Å². The summed E-state index contributed by atoms with van der Waals surface area (Å²) < 4.78 is 37.6. The fourth-order valence-corrected chi connectivity index (χ4v) is 1.62. The standard InChI is InChI=1S/C12H14F3N3/c1-7(2)16-6-11-17-9-4-3-8(12(13,14)15)5-10(9)18-11/h3-5,7,16H,6H2,1-2H3,(H,17,18). The van der Waals surface area contributed by atoms with Crippen molar-refractivity contribution in [3.05, 3.63) is 29.6 Å². The maximum atomic E-state index is 12.5. The van der Waals surface area contributed by atoms with Crippen LogP contribution in [0.5, 0.6) is 0 Å². The summed E-state index contributed by atoms with van der Waals surface area (Å²) in [5.74, 6) is 0.637. The lowest BCUT2D eigenvalue weighted by Crippen LogP contribution is -2.22. The average Bonchev–Trinajstić information content (AvgIpc) is 2.66. The molecule has 0 bridgehead atoms. The predicted molar refractivity (Wildman–Crippen MR) is 63.1 cm³/mol. The molecule has 0 aliphatic carbocycles. The zero-order chi connectivity index (χ0) is 13.3. The second kappa shape index (κ2) is 4.61. The summed E-state index contributed by atoms with van der Waals surface area (Å²) in [4.78, 5) is 7.11. The number of nitrogens with one attached hydrogen (secondary N) is 2. The summed E-state index contributed by atoms with van der Waals surface area (Å²) in [7, 11) is 0. The van der Waals surface area contributed by atoms with Gasteiger partial charge in [-0.1, -0.05) is 13.8 Å². The molecule has 0 aliphatic heterocycles. The Morgan fingerprint density at radius 1 is 1.33 bits per heavy atom. The maximum absolute atomic E-state index is 12.5. The average molecular weight is 257 g/mol. The van der Waals surface area contributed by atoms with Crippen molar-refractivity contribution >= 4 is 11.0 Å². The summed E-state index contributed by atoms with van der Waals surface area (Å²) in [6, 6.07) is 3.81. The summed E-state index contributed by atoms with van der Waals surface area (Å²) in [5.41, 5.74) is 0.288. The Kier molecular flexibility index (Phi) is 3.30. The number of hydrogen-bond acceptors (Lipinski definition) is 2. The van der Waals surface area contributed by atoms with E-state index in [-0.39, 0.29) is 0 Å². The number of H-pyrrole nitrogens is 1. The van der Waals surface area contributed by atoms with E-state index in [0.29, 0.717) is 29.4 Å². The highest BCUT2D eigenvalue weighted by Crippen LogP contribution is 2.30. The number of alkyl halides is 3. The van der Waals surface area contributed by atoms with Gasteiger partial charge in [0.1, 0.15) is 5.82 Å². The van der Waals surface area contributed by atoms with Gasteiger partial charge in [0.2, 0.25) is 0 Å². The van der Waals surface area contributed by atoms with Crippen LogP contribution in [-0.2, 0) is 12.7 Å². The molecule has 1 heterocycles. The number of rotatable bonds is 3. The molecule has 2 N–H and O–H groups in total. The van der Waals surface area contributed by atoms with Gasteiger partial charge >= 0.3 is 6.18 Å². The minimum atomic E-state index is -4.32. The van der Waals surface area contributed by atoms with Crippen LogP contribution >= 0.6 is 0 Å². The molecule has 2 aromatic rings. The van der Waals surface area contributed by atoms with Crippen molar-refractivity contribution < 1.29 is 13.2 Å². The highest BCUT2D eigenvalue weighted by molar-refractivity contribution is 5.76. The van der Waals surface area contributed by atoms with Gasteiger partial charge in [0, 0.05) is 6.04 Å². The molecule has 18 heavy (non-hydrogen) atoms. The smallest absolute Gasteiger partial charge is 0.341 e. The fraction of sp³-hybridized carbons (Fsp3) is 0.417. The van der Waals surface area contributed by atoms with E-state index in [4.69, 9.17) is 0 Å². The molecule has 0 spiro atoms. The zero-order valence-electron chi connectivity index (χ0n) is 10.1. The number of nitrogens with zero attached hydrogens (tertiary/aromatic N) is 1. The van der Waals surface area contributed by atoms with E-state index in [0.717, 1.165) is 12.1 Å². The lowest BCUT2D eigenvalue weighted by atomic mass is 10.2. The van der Waals surface area contributed by atoms with E-state index in [2.05, 4.69) is 15.3 Å². The Balaban J connectivity index is 2.28. The van der Waals surface area contributed by atoms with Crippen molar-refractivity contribution in [3.8, 4) is 0 Å². The van der Waals surface area contributed by atoms with Crippen molar-refractivity contribution in [1.29, 1.82) is 0 Å². The van der Waals surface area contributed by atoms with Crippen LogP contribution in [0.1, 0.15) is 25.2 Å². The van der Waals surface area contributed by atoms with Crippen LogP contribution in [0.2, 0.25) is 0 Å². The monoisotopic (exact) mass is 257 g/mol. The number of hydrogen-bond donors (Lipinski definition) is 2. The van der Waals surface area contributed by atoms with Gasteiger partial charge < -0.3 is 10.3 Å². The van der Waals surface area contributed by atoms with Gasteiger partial charge in [-0.15, -0.1) is 0 Å². The summed E-state index contributed by atoms with van der Waals surface area (Å²) in [6.07, 6.45) is -4.32. The first-order chi connectivity index (χ1) is 8.36. The quantitative estimate of drug-likeness (QED) is 0.887. The predicted octanol–water partition coefficient (Wildman–Crippen LogP) is 3.08. The van der Waals surface area contributed by atoms with Crippen LogP contribution in [0.25, 0.3) is 11.0 Å². The number of fused-ring (bicyclic) bond motifs is 1. The topological polar surface area (TPSA) is 40.7 Å². The van der Waals surface area contributed by atoms with Crippen molar-refractivity contribution in [2.24, 2.45) is 0 Å². The van der Waals surface area contributed by atoms with Crippen molar-refractivity contribution in [1.82, 2.24) is 15.3 Å². The van der Waals surface area contributed by atoms with E-state index < -0.39 is 11.7 Å². The first kappa shape index (κ1) is 12.9. The minimum absolute atomic E-state index is 0.295. The molecule has 6 heteroatoms. The first-order valence-electron chi connectivity index (χ1n) is 5.65. The largest absolute Gasteiger partial charge is 0.416 e. The van der Waals surface area contributed by atoms with Gasteiger partial charge in [-0.3, -0.25) is 0 Å². The zero-order valence-corrected chi connectivity index (χ0v) is 10.1. The number of benzene rings is 1. The van der Waals surface area contributed by atoms with Crippen LogP contribution in [-0.4, -0.2) is 16.0 Å². The lowest BCUT2D eigenvalue weighted by molar-refractivity contribution is -0.137. The number of aromatic amines is 1. The van der Waals surface area contributed by atoms with Crippen LogP contribution < -0.4 is 5.32 Å². The molecule has 0 atom stereocenters. The fourth-order valence-electron chi connectivity index (χ4n) is 1.62. The van der Waals surface area contributed by atoms with E-state index in [1.54, 1.807) is 0 Å². The van der Waals surface area contributed by atoms with Gasteiger partial charge in [-0.05, 0) is 18.2 Å².